The summed E-state index contributed by atoms with van der Waals surface area (Å²) in [5, 5.41) is 4.31. The number of nitrogens with two attached hydrogens (primary N) is 1. The first-order chi connectivity index (χ1) is 9.45. The lowest BCUT2D eigenvalue weighted by Crippen LogP contribution is -2.30. The van der Waals surface area contributed by atoms with Crippen molar-refractivity contribution in [2.45, 2.75) is 44.7 Å². The minimum atomic E-state index is -0.0217. The molecule has 0 fully saturated rings. The van der Waals surface area contributed by atoms with Gasteiger partial charge in [0.1, 0.15) is 5.82 Å². The fourth-order valence-electron chi connectivity index (χ4n) is 2.53. The molecule has 1 aromatic heterocycles. The van der Waals surface area contributed by atoms with E-state index in [9.17, 15) is 0 Å². The fraction of sp³-hybridized carbons (Fsp3) is 0.467. The summed E-state index contributed by atoms with van der Waals surface area (Å²) in [6, 6.07) is 8.65. The van der Waals surface area contributed by atoms with Crippen LogP contribution in [0.2, 0.25) is 0 Å². The van der Waals surface area contributed by atoms with Crippen LogP contribution in [0.5, 0.6) is 0 Å². The Morgan fingerprint density at radius 1 is 1.30 bits per heavy atom. The van der Waals surface area contributed by atoms with Gasteiger partial charge in [-0.3, -0.25) is 0 Å². The predicted molar refractivity (Wildman–Crippen MR) is 83.1 cm³/mol. The summed E-state index contributed by atoms with van der Waals surface area (Å²) in [5.74, 6) is 0.879. The second-order valence-corrected chi connectivity index (χ2v) is 7.11. The van der Waals surface area contributed by atoms with Crippen molar-refractivity contribution in [1.82, 2.24) is 9.36 Å². The van der Waals surface area contributed by atoms with E-state index in [2.05, 4.69) is 59.7 Å². The Balaban J connectivity index is 1.83. The van der Waals surface area contributed by atoms with Crippen molar-refractivity contribution in [2.75, 3.05) is 5.32 Å². The van der Waals surface area contributed by atoms with E-state index in [1.54, 1.807) is 0 Å². The van der Waals surface area contributed by atoms with E-state index in [1.807, 2.05) is 0 Å². The first-order valence-corrected chi connectivity index (χ1v) is 7.66. The van der Waals surface area contributed by atoms with Crippen LogP contribution in [-0.2, 0) is 11.8 Å². The second kappa shape index (κ2) is 4.82. The molecule has 0 spiro atoms. The first kappa shape index (κ1) is 13.5. The molecule has 0 saturated heterocycles. The molecule has 20 heavy (non-hydrogen) atoms. The zero-order valence-corrected chi connectivity index (χ0v) is 12.9. The maximum Gasteiger partial charge on any atom is 0.203 e. The molecular weight excluding hydrogens is 268 g/mol. The van der Waals surface area contributed by atoms with Crippen LogP contribution in [0.3, 0.4) is 0 Å². The number of aromatic nitrogens is 2. The van der Waals surface area contributed by atoms with Gasteiger partial charge in [-0.15, -0.1) is 0 Å². The van der Waals surface area contributed by atoms with Crippen LogP contribution in [0.4, 0.5) is 5.13 Å². The second-order valence-electron chi connectivity index (χ2n) is 6.36. The minimum absolute atomic E-state index is 0.0217. The van der Waals surface area contributed by atoms with E-state index in [1.165, 1.54) is 22.7 Å². The molecule has 0 saturated carbocycles. The molecule has 5 heteroatoms. The van der Waals surface area contributed by atoms with Crippen LogP contribution in [0.1, 0.15) is 43.8 Å². The van der Waals surface area contributed by atoms with Crippen LogP contribution >= 0.6 is 11.5 Å². The number of anilines is 1. The lowest BCUT2D eigenvalue weighted by atomic mass is 9.96. The summed E-state index contributed by atoms with van der Waals surface area (Å²) in [6.45, 7) is 6.36. The SMILES string of the molecule is CC(C)(C)c1nsc(NC2c3ccccc3CC2N)n1. The van der Waals surface area contributed by atoms with E-state index in [4.69, 9.17) is 5.73 Å². The van der Waals surface area contributed by atoms with Crippen LogP contribution < -0.4 is 11.1 Å². The van der Waals surface area contributed by atoms with Gasteiger partial charge in [-0.25, -0.2) is 4.98 Å². The van der Waals surface area contributed by atoms with Crippen LogP contribution in [0, 0.1) is 0 Å². The Kier molecular flexibility index (Phi) is 3.26. The lowest BCUT2D eigenvalue weighted by molar-refractivity contribution is 0.554. The monoisotopic (exact) mass is 288 g/mol. The number of hydrogen-bond donors (Lipinski definition) is 2. The number of nitrogens with one attached hydrogen (secondary N) is 1. The molecule has 2 aromatic rings. The predicted octanol–water partition coefficient (Wildman–Crippen LogP) is 2.87. The molecule has 0 amide bonds. The van der Waals surface area contributed by atoms with E-state index < -0.39 is 0 Å². The van der Waals surface area contributed by atoms with Gasteiger partial charge in [0.2, 0.25) is 5.13 Å². The Bertz CT molecular complexity index is 614. The average Bonchev–Trinajstić information content (AvgIpc) is 2.95. The maximum absolute atomic E-state index is 6.26. The summed E-state index contributed by atoms with van der Waals surface area (Å²) in [7, 11) is 0. The molecule has 0 radical (unpaired) electrons. The quantitative estimate of drug-likeness (QED) is 0.892. The van der Waals surface area contributed by atoms with E-state index in [0.29, 0.717) is 0 Å². The number of nitrogens with zero attached hydrogens (tertiary/aromatic N) is 2. The molecule has 1 aliphatic carbocycles. The van der Waals surface area contributed by atoms with Crippen LogP contribution in [-0.4, -0.2) is 15.4 Å². The molecule has 0 aliphatic heterocycles. The molecule has 1 heterocycles. The Morgan fingerprint density at radius 2 is 2.05 bits per heavy atom. The average molecular weight is 288 g/mol. The van der Waals surface area contributed by atoms with Crippen LogP contribution in [0.15, 0.2) is 24.3 Å². The van der Waals surface area contributed by atoms with Crippen molar-refractivity contribution in [3.05, 3.63) is 41.2 Å². The molecule has 2 unspecified atom stereocenters. The van der Waals surface area contributed by atoms with Gasteiger partial charge in [0.25, 0.3) is 0 Å². The molecule has 1 aliphatic rings. The van der Waals surface area contributed by atoms with Gasteiger partial charge in [0.15, 0.2) is 0 Å². The first-order valence-electron chi connectivity index (χ1n) is 6.89. The molecule has 1 aromatic carbocycles. The van der Waals surface area contributed by atoms with Crippen molar-refractivity contribution in [1.29, 1.82) is 0 Å². The minimum Gasteiger partial charge on any atom is -0.352 e. The summed E-state index contributed by atoms with van der Waals surface area (Å²) in [5.41, 5.74) is 8.86. The van der Waals surface area contributed by atoms with Gasteiger partial charge in [-0.05, 0) is 17.5 Å². The molecule has 0 bridgehead atoms. The highest BCUT2D eigenvalue weighted by Gasteiger charge is 2.30. The van der Waals surface area contributed by atoms with Gasteiger partial charge in [-0.2, -0.15) is 4.37 Å². The molecule has 2 atom stereocenters. The van der Waals surface area contributed by atoms with Gasteiger partial charge >= 0.3 is 0 Å². The Hall–Kier alpha value is -1.46. The molecule has 3 N–H and O–H groups in total. The number of rotatable bonds is 2. The largest absolute Gasteiger partial charge is 0.352 e. The summed E-state index contributed by atoms with van der Waals surface area (Å²) < 4.78 is 4.44. The van der Waals surface area contributed by atoms with Gasteiger partial charge in [0.05, 0.1) is 6.04 Å². The summed E-state index contributed by atoms with van der Waals surface area (Å²) >= 11 is 1.41. The van der Waals surface area contributed by atoms with Gasteiger partial charge in [0, 0.05) is 23.0 Å². The molecule has 106 valence electrons. The van der Waals surface area contributed by atoms with E-state index >= 15 is 0 Å². The van der Waals surface area contributed by atoms with Crippen molar-refractivity contribution in [3.63, 3.8) is 0 Å². The molecule has 4 nitrogen and oxygen atoms in total. The number of benzene rings is 1. The third kappa shape index (κ3) is 2.43. The van der Waals surface area contributed by atoms with Gasteiger partial charge < -0.3 is 11.1 Å². The lowest BCUT2D eigenvalue weighted by Gasteiger charge is -2.18. The molecular formula is C15H20N4S. The zero-order valence-electron chi connectivity index (χ0n) is 12.1. The van der Waals surface area contributed by atoms with Gasteiger partial charge in [-0.1, -0.05) is 45.0 Å². The maximum atomic E-state index is 6.26. The van der Waals surface area contributed by atoms with Crippen molar-refractivity contribution < 1.29 is 0 Å². The van der Waals surface area contributed by atoms with Crippen molar-refractivity contribution in [3.8, 4) is 0 Å². The van der Waals surface area contributed by atoms with E-state index in [-0.39, 0.29) is 17.5 Å². The summed E-state index contributed by atoms with van der Waals surface area (Å²) in [4.78, 5) is 4.59. The standard InChI is InChI=1S/C15H20N4S/c1-15(2,3)13-18-14(20-19-13)17-12-10-7-5-4-6-9(10)8-11(12)16/h4-7,11-12H,8,16H2,1-3H3,(H,17,18,19). The topological polar surface area (TPSA) is 63.8 Å². The van der Waals surface area contributed by atoms with E-state index in [0.717, 1.165) is 17.4 Å². The third-order valence-electron chi connectivity index (χ3n) is 3.65. The highest BCUT2D eigenvalue weighted by Crippen LogP contribution is 2.34. The van der Waals surface area contributed by atoms with Crippen molar-refractivity contribution in [2.24, 2.45) is 5.73 Å². The number of fused-ring (bicyclic) bond motifs is 1. The zero-order chi connectivity index (χ0) is 14.3. The summed E-state index contributed by atoms with van der Waals surface area (Å²) in [6.07, 6.45) is 0.915. The Morgan fingerprint density at radius 3 is 2.75 bits per heavy atom. The molecule has 3 rings (SSSR count). The van der Waals surface area contributed by atoms with Crippen molar-refractivity contribution >= 4 is 16.7 Å². The smallest absolute Gasteiger partial charge is 0.203 e. The highest BCUT2D eigenvalue weighted by atomic mass is 32.1. The normalized spacial score (nSPS) is 21.8. The van der Waals surface area contributed by atoms with Crippen LogP contribution in [0.25, 0.3) is 0 Å². The number of hydrogen-bond acceptors (Lipinski definition) is 5. The third-order valence-corrected chi connectivity index (χ3v) is 4.30. The fourth-order valence-corrected chi connectivity index (χ4v) is 3.33. The highest BCUT2D eigenvalue weighted by molar-refractivity contribution is 7.09. The Labute approximate surface area is 123 Å².